The first kappa shape index (κ1) is 26.9. The lowest BCUT2D eigenvalue weighted by atomic mass is 10.1. The normalized spacial score (nSPS) is 11.3. The molecule has 2 amide bonds. The SMILES string of the molecule is CN(C)C(=O)Oc1c(CNC(=O)c2ccc(S(C)(=O)=O)cc2)c(=O)c2ccc(Cl)cc2n1-c1ccccc1. The highest BCUT2D eigenvalue weighted by atomic mass is 35.5. The maximum Gasteiger partial charge on any atom is 0.416 e. The van der Waals surface area contributed by atoms with Crippen LogP contribution < -0.4 is 15.5 Å². The molecule has 1 aromatic heterocycles. The fraction of sp³-hybridized carbons (Fsp3) is 0.148. The monoisotopic (exact) mass is 553 g/mol. The van der Waals surface area contributed by atoms with Crippen molar-refractivity contribution < 1.29 is 22.7 Å². The quantitative estimate of drug-likeness (QED) is 0.385. The Morgan fingerprint density at radius 2 is 1.66 bits per heavy atom. The number of ether oxygens (including phenoxy) is 1. The average molecular weight is 554 g/mol. The molecule has 0 saturated heterocycles. The minimum Gasteiger partial charge on any atom is -0.392 e. The van der Waals surface area contributed by atoms with Crippen molar-refractivity contribution in [1.29, 1.82) is 0 Å². The molecule has 0 unspecified atom stereocenters. The average Bonchev–Trinajstić information content (AvgIpc) is 2.88. The number of pyridine rings is 1. The molecule has 1 N–H and O–H groups in total. The van der Waals surface area contributed by atoms with E-state index in [0.717, 1.165) is 6.26 Å². The summed E-state index contributed by atoms with van der Waals surface area (Å²) in [4.78, 5) is 40.5. The standard InChI is InChI=1S/C27H24ClN3O6S/c1-30(2)27(34)37-26-22(16-29-25(33)17-9-12-20(13-10-17)38(3,35)36)24(32)21-14-11-18(28)15-23(21)31(26)19-7-5-4-6-8-19/h4-15H,16H2,1-3H3,(H,29,33). The van der Waals surface area contributed by atoms with Crippen molar-refractivity contribution in [2.24, 2.45) is 0 Å². The van der Waals surface area contributed by atoms with E-state index in [4.69, 9.17) is 16.3 Å². The molecule has 0 radical (unpaired) electrons. The van der Waals surface area contributed by atoms with Crippen LogP contribution in [0.1, 0.15) is 15.9 Å². The number of nitrogens with zero attached hydrogens (tertiary/aromatic N) is 2. The molecule has 0 atom stereocenters. The summed E-state index contributed by atoms with van der Waals surface area (Å²) in [5, 5.41) is 3.37. The van der Waals surface area contributed by atoms with Gasteiger partial charge in [-0.1, -0.05) is 29.8 Å². The molecule has 0 aliphatic rings. The second-order valence-corrected chi connectivity index (χ2v) is 11.1. The van der Waals surface area contributed by atoms with Crippen LogP contribution in [0.3, 0.4) is 0 Å². The zero-order valence-electron chi connectivity index (χ0n) is 20.8. The van der Waals surface area contributed by atoms with Crippen molar-refractivity contribution in [2.45, 2.75) is 11.4 Å². The van der Waals surface area contributed by atoms with Crippen LogP contribution in [0.25, 0.3) is 16.6 Å². The molecule has 0 aliphatic carbocycles. The summed E-state index contributed by atoms with van der Waals surface area (Å²) < 4.78 is 30.7. The molecule has 0 aliphatic heterocycles. The van der Waals surface area contributed by atoms with Gasteiger partial charge in [0, 0.05) is 42.0 Å². The van der Waals surface area contributed by atoms with Crippen LogP contribution in [0.2, 0.25) is 5.02 Å². The highest BCUT2D eigenvalue weighted by Gasteiger charge is 2.23. The van der Waals surface area contributed by atoms with Gasteiger partial charge in [-0.2, -0.15) is 0 Å². The zero-order valence-corrected chi connectivity index (χ0v) is 22.3. The van der Waals surface area contributed by atoms with E-state index in [2.05, 4.69) is 5.32 Å². The lowest BCUT2D eigenvalue weighted by Crippen LogP contribution is -2.31. The number of carbonyl (C=O) groups excluding carboxylic acids is 2. The van der Waals surface area contributed by atoms with E-state index < -0.39 is 27.3 Å². The topological polar surface area (TPSA) is 115 Å². The summed E-state index contributed by atoms with van der Waals surface area (Å²) in [6.07, 6.45) is 0.350. The fourth-order valence-corrected chi connectivity index (χ4v) is 4.58. The van der Waals surface area contributed by atoms with E-state index in [1.807, 2.05) is 6.07 Å². The predicted molar refractivity (Wildman–Crippen MR) is 145 cm³/mol. The number of hydrogen-bond acceptors (Lipinski definition) is 6. The van der Waals surface area contributed by atoms with Crippen molar-refractivity contribution in [3.8, 4) is 11.6 Å². The number of nitrogens with one attached hydrogen (secondary N) is 1. The van der Waals surface area contributed by atoms with E-state index in [0.29, 0.717) is 21.6 Å². The molecule has 9 nitrogen and oxygen atoms in total. The maximum atomic E-state index is 13.6. The third-order valence-electron chi connectivity index (χ3n) is 5.71. The number of hydrogen-bond donors (Lipinski definition) is 1. The number of benzene rings is 3. The van der Waals surface area contributed by atoms with Gasteiger partial charge in [0.2, 0.25) is 5.88 Å². The van der Waals surface area contributed by atoms with Crippen LogP contribution in [0.15, 0.2) is 82.5 Å². The molecular weight excluding hydrogens is 530 g/mol. The van der Waals surface area contributed by atoms with Gasteiger partial charge in [0.15, 0.2) is 15.3 Å². The molecule has 4 aromatic rings. The fourth-order valence-electron chi connectivity index (χ4n) is 3.78. The van der Waals surface area contributed by atoms with Crippen LogP contribution in [0.4, 0.5) is 4.79 Å². The molecule has 0 saturated carbocycles. The van der Waals surface area contributed by atoms with Gasteiger partial charge in [-0.05, 0) is 54.6 Å². The van der Waals surface area contributed by atoms with Gasteiger partial charge in [-0.25, -0.2) is 13.2 Å². The Bertz CT molecular complexity index is 1700. The number of sulfone groups is 1. The predicted octanol–water partition coefficient (Wildman–Crippen LogP) is 4.04. The molecule has 0 spiro atoms. The van der Waals surface area contributed by atoms with Crippen LogP contribution in [0.5, 0.6) is 5.88 Å². The van der Waals surface area contributed by atoms with Crippen molar-refractivity contribution >= 4 is 44.3 Å². The molecule has 4 rings (SSSR count). The van der Waals surface area contributed by atoms with Crippen LogP contribution in [-0.2, 0) is 16.4 Å². The number of amides is 2. The van der Waals surface area contributed by atoms with E-state index in [9.17, 15) is 22.8 Å². The highest BCUT2D eigenvalue weighted by Crippen LogP contribution is 2.29. The van der Waals surface area contributed by atoms with E-state index in [1.165, 1.54) is 43.3 Å². The lowest BCUT2D eigenvalue weighted by Gasteiger charge is -2.21. The lowest BCUT2D eigenvalue weighted by molar-refractivity contribution is 0.0950. The molecule has 196 valence electrons. The van der Waals surface area contributed by atoms with E-state index in [1.54, 1.807) is 47.0 Å². The molecule has 1 heterocycles. The third-order valence-corrected chi connectivity index (χ3v) is 7.08. The molecule has 38 heavy (non-hydrogen) atoms. The van der Waals surface area contributed by atoms with E-state index >= 15 is 0 Å². The summed E-state index contributed by atoms with van der Waals surface area (Å²) in [5.41, 5.74) is 0.810. The number of fused-ring (bicyclic) bond motifs is 1. The highest BCUT2D eigenvalue weighted by molar-refractivity contribution is 7.90. The number of aromatic nitrogens is 1. The van der Waals surface area contributed by atoms with Crippen molar-refractivity contribution in [3.63, 3.8) is 0 Å². The van der Waals surface area contributed by atoms with Gasteiger partial charge >= 0.3 is 6.09 Å². The molecular formula is C27H24ClN3O6S. The molecule has 0 bridgehead atoms. The van der Waals surface area contributed by atoms with Crippen molar-refractivity contribution in [2.75, 3.05) is 20.4 Å². The van der Waals surface area contributed by atoms with Crippen LogP contribution in [-0.4, -0.2) is 50.2 Å². The largest absolute Gasteiger partial charge is 0.416 e. The smallest absolute Gasteiger partial charge is 0.392 e. The second-order valence-electron chi connectivity index (χ2n) is 8.69. The summed E-state index contributed by atoms with van der Waals surface area (Å²) in [7, 11) is -0.410. The number of halogens is 1. The van der Waals surface area contributed by atoms with Gasteiger partial charge < -0.3 is 15.0 Å². The summed E-state index contributed by atoms with van der Waals surface area (Å²) in [5.74, 6) is -0.612. The zero-order chi connectivity index (χ0) is 27.6. The van der Waals surface area contributed by atoms with Gasteiger partial charge in [0.05, 0.1) is 22.5 Å². The second kappa shape index (κ2) is 10.7. The van der Waals surface area contributed by atoms with Gasteiger partial charge in [0.25, 0.3) is 5.91 Å². The van der Waals surface area contributed by atoms with E-state index in [-0.39, 0.29) is 28.4 Å². The van der Waals surface area contributed by atoms with Gasteiger partial charge in [-0.3, -0.25) is 14.2 Å². The molecule has 0 fully saturated rings. The number of rotatable bonds is 6. The summed E-state index contributed by atoms with van der Waals surface area (Å²) in [6.45, 7) is -0.271. The Morgan fingerprint density at radius 3 is 2.26 bits per heavy atom. The Kier molecular flexibility index (Phi) is 7.56. The summed E-state index contributed by atoms with van der Waals surface area (Å²) >= 11 is 6.26. The van der Waals surface area contributed by atoms with Crippen molar-refractivity contribution in [1.82, 2.24) is 14.8 Å². The van der Waals surface area contributed by atoms with Crippen molar-refractivity contribution in [3.05, 3.63) is 99.2 Å². The molecule has 3 aromatic carbocycles. The number of para-hydroxylation sites is 1. The Morgan fingerprint density at radius 1 is 1.00 bits per heavy atom. The first-order valence-corrected chi connectivity index (χ1v) is 13.6. The maximum absolute atomic E-state index is 13.6. The van der Waals surface area contributed by atoms with Crippen LogP contribution in [0, 0.1) is 0 Å². The number of carbonyl (C=O) groups is 2. The first-order chi connectivity index (χ1) is 18.0. The minimum atomic E-state index is -3.42. The Balaban J connectivity index is 1.85. The first-order valence-electron chi connectivity index (χ1n) is 11.4. The Labute approximate surface area is 224 Å². The summed E-state index contributed by atoms with van der Waals surface area (Å²) in [6, 6.07) is 19.1. The Hall–Kier alpha value is -4.15. The minimum absolute atomic E-state index is 0.0416. The van der Waals surface area contributed by atoms with Gasteiger partial charge in [-0.15, -0.1) is 0 Å². The van der Waals surface area contributed by atoms with Crippen LogP contribution >= 0.6 is 11.6 Å². The third kappa shape index (κ3) is 5.56. The van der Waals surface area contributed by atoms with Gasteiger partial charge in [0.1, 0.15) is 0 Å². The molecule has 11 heteroatoms.